The maximum Gasteiger partial charge on any atom is 0.325 e. The first-order valence-corrected chi connectivity index (χ1v) is 8.86. The van der Waals surface area contributed by atoms with Crippen molar-refractivity contribution in [1.29, 1.82) is 0 Å². The molecule has 0 spiro atoms. The van der Waals surface area contributed by atoms with Gasteiger partial charge in [0.15, 0.2) is 0 Å². The Kier molecular flexibility index (Phi) is 7.34. The van der Waals surface area contributed by atoms with Crippen LogP contribution >= 0.6 is 0 Å². The van der Waals surface area contributed by atoms with Crippen LogP contribution in [0.5, 0.6) is 0 Å². The molecule has 2 aromatic carbocycles. The lowest BCUT2D eigenvalue weighted by atomic mass is 10.1. The summed E-state index contributed by atoms with van der Waals surface area (Å²) in [7, 11) is 0. The number of rotatable bonds is 8. The Morgan fingerprint density at radius 3 is 1.43 bits per heavy atom. The number of hydrogen-bond donors (Lipinski definition) is 4. The summed E-state index contributed by atoms with van der Waals surface area (Å²) >= 11 is 0. The third-order valence-electron chi connectivity index (χ3n) is 3.93. The normalized spacial score (nSPS) is 12.7. The van der Waals surface area contributed by atoms with Crippen LogP contribution in [-0.2, 0) is 9.59 Å². The third-order valence-corrected chi connectivity index (χ3v) is 3.93. The summed E-state index contributed by atoms with van der Waals surface area (Å²) in [4.78, 5) is 45.9. The lowest BCUT2D eigenvalue weighted by Crippen LogP contribution is -2.38. The molecule has 2 amide bonds. The molecule has 0 aliphatic heterocycles. The number of carbonyl (C=O) groups excluding carboxylic acids is 2. The fourth-order valence-corrected chi connectivity index (χ4v) is 2.22. The van der Waals surface area contributed by atoms with Gasteiger partial charge in [-0.2, -0.15) is 10.2 Å². The molecule has 0 unspecified atom stereocenters. The first-order valence-electron chi connectivity index (χ1n) is 8.86. The molecule has 10 heteroatoms. The second kappa shape index (κ2) is 9.92. The standard InChI is InChI=1S/C20H20N4O6/c1-11(19(27)28)21-17(25)13-5-3-7-15(9-13)23-24-16-8-4-6-14(10-16)18(26)22-12(2)20(29)30/h3-12H,1-2H3,(H,21,25)(H,22,26)(H,27,28)(H,29,30)/t11-,12-/m0/s1. The van der Waals surface area contributed by atoms with Crippen LogP contribution in [0.3, 0.4) is 0 Å². The quantitative estimate of drug-likeness (QED) is 0.488. The van der Waals surface area contributed by atoms with Gasteiger partial charge in [-0.25, -0.2) is 0 Å². The Labute approximate surface area is 171 Å². The molecular weight excluding hydrogens is 392 g/mol. The molecule has 10 nitrogen and oxygen atoms in total. The van der Waals surface area contributed by atoms with Crippen LogP contribution in [0.15, 0.2) is 58.8 Å². The summed E-state index contributed by atoms with van der Waals surface area (Å²) in [5, 5.41) is 30.5. The molecule has 0 aliphatic rings. The van der Waals surface area contributed by atoms with Crippen LogP contribution in [-0.4, -0.2) is 46.0 Å². The molecule has 0 bridgehead atoms. The van der Waals surface area contributed by atoms with Crippen molar-refractivity contribution in [1.82, 2.24) is 10.6 Å². The van der Waals surface area contributed by atoms with Crippen LogP contribution in [0.1, 0.15) is 34.6 Å². The Bertz CT molecular complexity index is 925. The predicted octanol–water partition coefficient (Wildman–Crippen LogP) is 2.51. The monoisotopic (exact) mass is 412 g/mol. The molecule has 30 heavy (non-hydrogen) atoms. The van der Waals surface area contributed by atoms with E-state index in [2.05, 4.69) is 20.9 Å². The van der Waals surface area contributed by atoms with E-state index in [0.717, 1.165) is 0 Å². The third kappa shape index (κ3) is 6.23. The van der Waals surface area contributed by atoms with Gasteiger partial charge in [-0.05, 0) is 50.2 Å². The maximum absolute atomic E-state index is 12.1. The van der Waals surface area contributed by atoms with E-state index in [-0.39, 0.29) is 11.1 Å². The number of carboxylic acids is 2. The van der Waals surface area contributed by atoms with Crippen LogP contribution in [0.2, 0.25) is 0 Å². The summed E-state index contributed by atoms with van der Waals surface area (Å²) in [6.07, 6.45) is 0. The topological polar surface area (TPSA) is 158 Å². The van der Waals surface area contributed by atoms with Crippen LogP contribution in [0.4, 0.5) is 11.4 Å². The van der Waals surface area contributed by atoms with Gasteiger partial charge in [0.1, 0.15) is 12.1 Å². The molecule has 0 radical (unpaired) electrons. The Morgan fingerprint density at radius 1 is 0.733 bits per heavy atom. The molecule has 0 heterocycles. The Hall–Kier alpha value is -4.08. The van der Waals surface area contributed by atoms with Gasteiger partial charge in [-0.15, -0.1) is 0 Å². The molecule has 0 saturated heterocycles. The number of carbonyl (C=O) groups is 4. The molecular formula is C20H20N4O6. The average molecular weight is 412 g/mol. The van der Waals surface area contributed by atoms with Gasteiger partial charge in [0.05, 0.1) is 11.4 Å². The van der Waals surface area contributed by atoms with Crippen molar-refractivity contribution >= 4 is 35.1 Å². The molecule has 156 valence electrons. The first kappa shape index (κ1) is 22.2. The van der Waals surface area contributed by atoms with E-state index in [0.29, 0.717) is 11.4 Å². The fraction of sp³-hybridized carbons (Fsp3) is 0.200. The highest BCUT2D eigenvalue weighted by Crippen LogP contribution is 2.20. The second-order valence-corrected chi connectivity index (χ2v) is 6.37. The second-order valence-electron chi connectivity index (χ2n) is 6.37. The van der Waals surface area contributed by atoms with Gasteiger partial charge in [0.25, 0.3) is 11.8 Å². The highest BCUT2D eigenvalue weighted by molar-refractivity contribution is 5.97. The average Bonchev–Trinajstić information content (AvgIpc) is 2.72. The summed E-state index contributed by atoms with van der Waals surface area (Å²) in [5.74, 6) is -3.43. The number of nitrogens with one attached hydrogen (secondary N) is 2. The summed E-state index contributed by atoms with van der Waals surface area (Å²) < 4.78 is 0. The van der Waals surface area contributed by atoms with Crippen molar-refractivity contribution in [2.45, 2.75) is 25.9 Å². The minimum Gasteiger partial charge on any atom is -0.480 e. The highest BCUT2D eigenvalue weighted by Gasteiger charge is 2.16. The summed E-state index contributed by atoms with van der Waals surface area (Å²) in [5.41, 5.74) is 1.13. The van der Waals surface area contributed by atoms with Gasteiger partial charge in [-0.1, -0.05) is 12.1 Å². The molecule has 2 aromatic rings. The van der Waals surface area contributed by atoms with E-state index in [1.165, 1.54) is 38.1 Å². The van der Waals surface area contributed by atoms with E-state index < -0.39 is 35.8 Å². The van der Waals surface area contributed by atoms with E-state index in [1.54, 1.807) is 24.3 Å². The van der Waals surface area contributed by atoms with Crippen molar-refractivity contribution in [3.05, 3.63) is 59.7 Å². The van der Waals surface area contributed by atoms with Gasteiger partial charge in [-0.3, -0.25) is 19.2 Å². The zero-order chi connectivity index (χ0) is 22.3. The number of nitrogens with zero attached hydrogens (tertiary/aromatic N) is 2. The van der Waals surface area contributed by atoms with Gasteiger partial charge in [0.2, 0.25) is 0 Å². The van der Waals surface area contributed by atoms with Gasteiger partial charge < -0.3 is 20.8 Å². The fourth-order valence-electron chi connectivity index (χ4n) is 2.22. The number of carboxylic acid groups (broad SMARTS) is 2. The smallest absolute Gasteiger partial charge is 0.325 e. The number of benzene rings is 2. The van der Waals surface area contributed by atoms with Crippen LogP contribution in [0, 0.1) is 0 Å². The van der Waals surface area contributed by atoms with E-state index in [9.17, 15) is 19.2 Å². The van der Waals surface area contributed by atoms with Gasteiger partial charge in [0, 0.05) is 11.1 Å². The molecule has 2 rings (SSSR count). The molecule has 4 N–H and O–H groups in total. The zero-order valence-corrected chi connectivity index (χ0v) is 16.2. The predicted molar refractivity (Wildman–Crippen MR) is 106 cm³/mol. The SMILES string of the molecule is C[C@H](NC(=O)c1cccc(N=Nc2cccc(C(=O)N[C@@H](C)C(=O)O)c2)c1)C(=O)O. The summed E-state index contributed by atoms with van der Waals surface area (Å²) in [6.45, 7) is 2.70. The summed E-state index contributed by atoms with van der Waals surface area (Å²) in [6, 6.07) is 10.2. The lowest BCUT2D eigenvalue weighted by Gasteiger charge is -2.09. The van der Waals surface area contributed by atoms with E-state index >= 15 is 0 Å². The minimum atomic E-state index is -1.15. The molecule has 0 fully saturated rings. The molecule has 0 saturated carbocycles. The van der Waals surface area contributed by atoms with Gasteiger partial charge >= 0.3 is 11.9 Å². The Morgan fingerprint density at radius 2 is 1.10 bits per heavy atom. The van der Waals surface area contributed by atoms with Crippen molar-refractivity contribution in [2.24, 2.45) is 10.2 Å². The minimum absolute atomic E-state index is 0.218. The van der Waals surface area contributed by atoms with E-state index in [4.69, 9.17) is 10.2 Å². The largest absolute Gasteiger partial charge is 0.480 e. The molecule has 0 aliphatic carbocycles. The van der Waals surface area contributed by atoms with E-state index in [1.807, 2.05) is 0 Å². The van der Waals surface area contributed by atoms with Crippen LogP contribution < -0.4 is 10.6 Å². The van der Waals surface area contributed by atoms with Crippen molar-refractivity contribution in [3.63, 3.8) is 0 Å². The maximum atomic E-state index is 12.1. The Balaban J connectivity index is 2.13. The number of hydrogen-bond acceptors (Lipinski definition) is 6. The van der Waals surface area contributed by atoms with Crippen LogP contribution in [0.25, 0.3) is 0 Å². The van der Waals surface area contributed by atoms with Crippen molar-refractivity contribution < 1.29 is 29.4 Å². The molecule has 2 atom stereocenters. The highest BCUT2D eigenvalue weighted by atomic mass is 16.4. The number of amides is 2. The number of azo groups is 1. The van der Waals surface area contributed by atoms with Crippen molar-refractivity contribution in [3.8, 4) is 0 Å². The lowest BCUT2D eigenvalue weighted by molar-refractivity contribution is -0.139. The zero-order valence-electron chi connectivity index (χ0n) is 16.2. The number of aliphatic carboxylic acids is 2. The molecule has 0 aromatic heterocycles. The first-order chi connectivity index (χ1) is 14.2. The van der Waals surface area contributed by atoms with Crippen molar-refractivity contribution in [2.75, 3.05) is 0 Å².